The number of aromatic nitrogens is 4. The third kappa shape index (κ3) is 8.12. The van der Waals surface area contributed by atoms with Gasteiger partial charge in [-0.1, -0.05) is 0 Å². The maximum Gasteiger partial charge on any atom is 0.412 e. The van der Waals surface area contributed by atoms with E-state index in [-0.39, 0.29) is 92.6 Å². The van der Waals surface area contributed by atoms with Crippen LogP contribution in [-0.2, 0) is 18.4 Å². The Morgan fingerprint density at radius 1 is 1.19 bits per heavy atom. The molecule has 2 aromatic heterocycles. The molecule has 4 radical (unpaired) electrons. The van der Waals surface area contributed by atoms with Gasteiger partial charge in [0, 0.05) is 75.4 Å². The number of anilines is 1. The predicted molar refractivity (Wildman–Crippen MR) is 112 cm³/mol. The largest absolute Gasteiger partial charge is 0.412 e. The van der Waals surface area contributed by atoms with Crippen LogP contribution < -0.4 is 16.2 Å². The first-order valence-corrected chi connectivity index (χ1v) is 10.6. The molecule has 2 aromatic rings. The van der Waals surface area contributed by atoms with Crippen molar-refractivity contribution >= 4 is 108 Å². The molecular weight excluding hydrogens is 454 g/mol. The van der Waals surface area contributed by atoms with Gasteiger partial charge >= 0.3 is 15.5 Å². The minimum absolute atomic E-state index is 0. The number of nitrogens with two attached hydrogens (primary N) is 1. The smallest absolute Gasteiger partial charge is 0.387 e. The van der Waals surface area contributed by atoms with Crippen LogP contribution in [0.2, 0.25) is 0 Å². The normalized spacial score (nSPS) is 24.4. The molecular formula is C10H16Li4N6O10P2. The summed E-state index contributed by atoms with van der Waals surface area (Å²) >= 11 is 0. The van der Waals surface area contributed by atoms with Crippen molar-refractivity contribution in [2.45, 2.75) is 24.5 Å². The second kappa shape index (κ2) is 13.1. The van der Waals surface area contributed by atoms with Gasteiger partial charge in [-0.3, -0.25) is 18.9 Å². The molecule has 160 valence electrons. The van der Waals surface area contributed by atoms with Gasteiger partial charge in [-0.15, -0.1) is 4.86 Å². The Morgan fingerprint density at radius 3 is 2.34 bits per heavy atom. The van der Waals surface area contributed by atoms with Crippen LogP contribution >= 0.6 is 15.5 Å². The average Bonchev–Trinajstić information content (AvgIpc) is 3.06. The number of fused-ring (bicyclic) bond motifs is 1. The standard InChI is InChI=1S/C10H16N6O10P2.4Li/c11-10-13-7-4(8(19)14-10)12-2-16(7)9-6(18)5(17)3(26-9)1-25-28(23,24)15-27(20,21)22;;;;/h2-3,5-6,9,17-18H,1H2,(H3,11,13,14,19)(H4,15,20,21,22,23,24);;;;/t3-,5-,6-,9-;;;;/m1..../s1. The van der Waals surface area contributed by atoms with E-state index in [9.17, 15) is 29.0 Å². The van der Waals surface area contributed by atoms with Gasteiger partial charge in [0.25, 0.3) is 5.56 Å². The zero-order chi connectivity index (χ0) is 20.9. The summed E-state index contributed by atoms with van der Waals surface area (Å²) in [5, 5.41) is 20.3. The van der Waals surface area contributed by atoms with Crippen LogP contribution in [0.3, 0.4) is 0 Å². The molecule has 0 saturated carbocycles. The maximum absolute atomic E-state index is 11.8. The Kier molecular flexibility index (Phi) is 14.3. The minimum atomic E-state index is -5.07. The minimum Gasteiger partial charge on any atom is -0.387 e. The number of ether oxygens (including phenoxy) is 1. The number of nitrogens with one attached hydrogen (secondary N) is 2. The molecule has 0 amide bonds. The van der Waals surface area contributed by atoms with Crippen molar-refractivity contribution in [1.29, 1.82) is 0 Å². The zero-order valence-corrected chi connectivity index (χ0v) is 19.5. The van der Waals surface area contributed by atoms with Crippen LogP contribution in [0.15, 0.2) is 11.1 Å². The molecule has 3 rings (SSSR count). The van der Waals surface area contributed by atoms with E-state index in [1.807, 2.05) is 0 Å². The summed E-state index contributed by atoms with van der Waals surface area (Å²) in [7, 11) is -9.99. The van der Waals surface area contributed by atoms with E-state index >= 15 is 0 Å². The third-order valence-electron chi connectivity index (χ3n) is 3.73. The Bertz CT molecular complexity index is 1050. The Morgan fingerprint density at radius 2 is 1.78 bits per heavy atom. The summed E-state index contributed by atoms with van der Waals surface area (Å²) in [4.78, 5) is 49.6. The van der Waals surface area contributed by atoms with Gasteiger partial charge in [-0.2, -0.15) is 4.98 Å². The fraction of sp³-hybridized carbons (Fsp3) is 0.500. The second-order valence-electron chi connectivity index (χ2n) is 5.78. The van der Waals surface area contributed by atoms with Crippen LogP contribution in [0, 0.1) is 0 Å². The fourth-order valence-electron chi connectivity index (χ4n) is 2.59. The van der Waals surface area contributed by atoms with E-state index in [1.54, 1.807) is 0 Å². The zero-order valence-electron chi connectivity index (χ0n) is 17.7. The molecule has 5 atom stereocenters. The number of nitrogens with zero attached hydrogens (tertiary/aromatic N) is 3. The van der Waals surface area contributed by atoms with Crippen molar-refractivity contribution in [2.75, 3.05) is 12.3 Å². The van der Waals surface area contributed by atoms with Crippen molar-refractivity contribution in [2.24, 2.45) is 0 Å². The molecule has 1 aliphatic heterocycles. The summed E-state index contributed by atoms with van der Waals surface area (Å²) in [5.41, 5.74) is 4.68. The number of nitrogen functional groups attached to an aromatic ring is 1. The van der Waals surface area contributed by atoms with E-state index in [1.165, 1.54) is 0 Å². The molecule has 0 bridgehead atoms. The van der Waals surface area contributed by atoms with Crippen molar-refractivity contribution < 1.29 is 43.3 Å². The first kappa shape index (κ1) is 34.8. The molecule has 22 heteroatoms. The van der Waals surface area contributed by atoms with Gasteiger partial charge in [-0.05, 0) is 0 Å². The van der Waals surface area contributed by atoms with Gasteiger partial charge in [0.1, 0.15) is 18.3 Å². The molecule has 1 saturated heterocycles. The summed E-state index contributed by atoms with van der Waals surface area (Å²) in [6.45, 7) is -0.807. The number of aliphatic hydroxyl groups is 2. The van der Waals surface area contributed by atoms with Crippen molar-refractivity contribution in [3.63, 3.8) is 0 Å². The maximum atomic E-state index is 11.8. The van der Waals surface area contributed by atoms with E-state index in [0.29, 0.717) is 0 Å². The van der Waals surface area contributed by atoms with Gasteiger partial charge in [0.05, 0.1) is 12.9 Å². The second-order valence-corrected chi connectivity index (χ2v) is 8.97. The predicted octanol–water partition coefficient (Wildman–Crippen LogP) is -4.40. The first-order valence-electron chi connectivity index (χ1n) is 7.44. The van der Waals surface area contributed by atoms with E-state index in [2.05, 4.69) is 19.5 Å². The summed E-state index contributed by atoms with van der Waals surface area (Å²) in [6.07, 6.45) is -4.76. The summed E-state index contributed by atoms with van der Waals surface area (Å²) in [6, 6.07) is 0. The molecule has 0 aromatic carbocycles. The van der Waals surface area contributed by atoms with E-state index in [4.69, 9.17) is 20.3 Å². The van der Waals surface area contributed by atoms with Crippen LogP contribution in [0.5, 0.6) is 0 Å². The number of hydrogen-bond donors (Lipinski definition) is 8. The molecule has 9 N–H and O–H groups in total. The number of imidazole rings is 1. The molecule has 16 nitrogen and oxygen atoms in total. The number of H-pyrrole nitrogens is 1. The molecule has 1 unspecified atom stereocenters. The molecule has 0 spiro atoms. The summed E-state index contributed by atoms with van der Waals surface area (Å²) < 4.78 is 33.3. The quantitative estimate of drug-likeness (QED) is 0.147. The number of rotatable bonds is 6. The van der Waals surface area contributed by atoms with E-state index < -0.39 is 52.2 Å². The van der Waals surface area contributed by atoms with Gasteiger partial charge in [0.2, 0.25) is 5.95 Å². The third-order valence-corrected chi connectivity index (χ3v) is 6.28. The van der Waals surface area contributed by atoms with Crippen LogP contribution in [0.1, 0.15) is 6.23 Å². The monoisotopic (exact) mass is 470 g/mol. The van der Waals surface area contributed by atoms with Gasteiger partial charge in [-0.25, -0.2) is 14.1 Å². The molecule has 1 aliphatic rings. The topological polar surface area (TPSA) is 255 Å². The van der Waals surface area contributed by atoms with Crippen molar-refractivity contribution in [3.8, 4) is 0 Å². The molecule has 3 heterocycles. The van der Waals surface area contributed by atoms with Crippen LogP contribution in [0.25, 0.3) is 11.2 Å². The van der Waals surface area contributed by atoms with E-state index in [0.717, 1.165) is 15.8 Å². The van der Waals surface area contributed by atoms with Crippen LogP contribution in [0.4, 0.5) is 5.95 Å². The van der Waals surface area contributed by atoms with Gasteiger partial charge < -0.3 is 35.4 Å². The average molecular weight is 470 g/mol. The molecule has 0 aliphatic carbocycles. The Labute approximate surface area is 227 Å². The molecule has 1 fully saturated rings. The van der Waals surface area contributed by atoms with Gasteiger partial charge in [0.15, 0.2) is 17.4 Å². The number of hydrogen-bond acceptors (Lipinski definition) is 10. The van der Waals surface area contributed by atoms with Crippen molar-refractivity contribution in [1.82, 2.24) is 24.4 Å². The Balaban J connectivity index is 0. The Hall–Kier alpha value is 0.680. The molecule has 32 heavy (non-hydrogen) atoms. The SMILES string of the molecule is Nc1nc2c(ncn2[C@@H]2O[C@H](COP(=O)(O)NP(=O)(O)O)[C@@H](O)[C@H]2O)c(=O)[nH]1.[Li].[Li].[Li].[Li]. The first-order chi connectivity index (χ1) is 12.9. The number of aliphatic hydroxyl groups excluding tert-OH is 2. The van der Waals surface area contributed by atoms with Crippen molar-refractivity contribution in [3.05, 3.63) is 16.7 Å². The summed E-state index contributed by atoms with van der Waals surface area (Å²) in [5.74, 6) is -0.225. The fourth-order valence-corrected chi connectivity index (χ4v) is 4.49. The number of aromatic amines is 1. The van der Waals surface area contributed by atoms with Crippen LogP contribution in [-0.4, -0.2) is 145 Å².